The Morgan fingerprint density at radius 1 is 1.05 bits per heavy atom. The second kappa shape index (κ2) is 8.12. The lowest BCUT2D eigenvalue weighted by atomic mass is 9.92. The molecule has 1 aromatic heterocycles. The van der Waals surface area contributed by atoms with E-state index in [4.69, 9.17) is 9.47 Å². The Kier molecular flexibility index (Phi) is 4.96. The zero-order valence-electron chi connectivity index (χ0n) is 20.1. The minimum atomic E-state index is -3.58. The Labute approximate surface area is 217 Å². The van der Waals surface area contributed by atoms with E-state index in [9.17, 15) is 27.9 Å². The third kappa shape index (κ3) is 3.35. The maximum absolute atomic E-state index is 15.4. The van der Waals surface area contributed by atoms with Gasteiger partial charge in [0.25, 0.3) is 5.91 Å². The van der Waals surface area contributed by atoms with E-state index in [0.29, 0.717) is 5.56 Å². The first-order valence-electron chi connectivity index (χ1n) is 12.2. The molecule has 39 heavy (non-hydrogen) atoms. The average Bonchev–Trinajstić information content (AvgIpc) is 3.03. The van der Waals surface area contributed by atoms with E-state index in [-0.39, 0.29) is 54.6 Å². The van der Waals surface area contributed by atoms with Gasteiger partial charge in [-0.2, -0.15) is 8.78 Å². The molecule has 0 radical (unpaired) electrons. The van der Waals surface area contributed by atoms with E-state index in [1.165, 1.54) is 38.9 Å². The SMILES string of the molecule is O=C1c2c(O)c(=O)ccn2N(C2c3ccc(F)c(F)c3CN3CC(F)(F)Oc4cccc2c43)C2COCCN12. The molecular weight excluding hydrogens is 524 g/mol. The van der Waals surface area contributed by atoms with E-state index >= 15 is 4.39 Å². The molecule has 0 saturated carbocycles. The van der Waals surface area contributed by atoms with Gasteiger partial charge in [-0.05, 0) is 17.7 Å². The molecule has 1 saturated heterocycles. The summed E-state index contributed by atoms with van der Waals surface area (Å²) in [6.45, 7) is -0.930. The quantitative estimate of drug-likeness (QED) is 0.472. The van der Waals surface area contributed by atoms with Crippen LogP contribution in [0.25, 0.3) is 0 Å². The zero-order valence-corrected chi connectivity index (χ0v) is 20.1. The predicted octanol–water partition coefficient (Wildman–Crippen LogP) is 2.68. The number of anilines is 1. The van der Waals surface area contributed by atoms with Gasteiger partial charge in [0.05, 0.1) is 18.9 Å². The Balaban J connectivity index is 1.56. The molecule has 4 aliphatic heterocycles. The highest BCUT2D eigenvalue weighted by molar-refractivity contribution is 5.96. The summed E-state index contributed by atoms with van der Waals surface area (Å²) in [6.07, 6.45) is -3.08. The largest absolute Gasteiger partial charge is 0.502 e. The number of benzene rings is 2. The van der Waals surface area contributed by atoms with Crippen molar-refractivity contribution < 1.29 is 36.9 Å². The Morgan fingerprint density at radius 2 is 1.87 bits per heavy atom. The number of pyridine rings is 1. The third-order valence-electron chi connectivity index (χ3n) is 7.59. The fraction of sp³-hybridized carbons (Fsp3) is 0.308. The molecule has 7 rings (SSSR count). The standard InChI is InChI=1S/C26H20F4N4O5/c27-16-5-4-13-15(20(16)28)10-31-12-26(29,30)39-18-3-1-2-14(22(18)31)21(13)34-19-11-38-9-8-32(19)25(37)23-24(36)17(35)6-7-33(23)34/h1-7,19,21,36H,8-12H2. The topological polar surface area (TPSA) is 87.5 Å². The Morgan fingerprint density at radius 3 is 2.69 bits per heavy atom. The maximum Gasteiger partial charge on any atom is 0.415 e. The van der Waals surface area contributed by atoms with Gasteiger partial charge >= 0.3 is 6.11 Å². The molecule has 1 fully saturated rings. The van der Waals surface area contributed by atoms with Crippen molar-refractivity contribution in [3.63, 3.8) is 0 Å². The van der Waals surface area contributed by atoms with Crippen LogP contribution in [-0.2, 0) is 11.3 Å². The number of ether oxygens (including phenoxy) is 2. The summed E-state index contributed by atoms with van der Waals surface area (Å²) < 4.78 is 71.2. The first-order valence-corrected chi connectivity index (χ1v) is 12.2. The molecule has 13 heteroatoms. The van der Waals surface area contributed by atoms with Crippen LogP contribution in [-0.4, -0.2) is 59.2 Å². The molecule has 0 spiro atoms. The van der Waals surface area contributed by atoms with E-state index in [2.05, 4.69) is 0 Å². The van der Waals surface area contributed by atoms with Crippen LogP contribution in [0.1, 0.15) is 33.2 Å². The van der Waals surface area contributed by atoms with E-state index < -0.39 is 53.6 Å². The number of aromatic nitrogens is 1. The third-order valence-corrected chi connectivity index (χ3v) is 7.59. The molecule has 202 valence electrons. The summed E-state index contributed by atoms with van der Waals surface area (Å²) in [7, 11) is 0. The first-order chi connectivity index (χ1) is 18.7. The van der Waals surface area contributed by atoms with Gasteiger partial charge in [0.15, 0.2) is 23.1 Å². The fourth-order valence-corrected chi connectivity index (χ4v) is 6.01. The second-order valence-electron chi connectivity index (χ2n) is 9.78. The number of para-hydroxylation sites is 1. The van der Waals surface area contributed by atoms with Gasteiger partial charge < -0.3 is 24.4 Å². The number of alkyl halides is 2. The number of morpholine rings is 1. The van der Waals surface area contributed by atoms with E-state index in [0.717, 1.165) is 12.1 Å². The fourth-order valence-electron chi connectivity index (χ4n) is 6.01. The molecule has 1 N–H and O–H groups in total. The lowest BCUT2D eigenvalue weighted by Crippen LogP contribution is -2.66. The average molecular weight is 544 g/mol. The van der Waals surface area contributed by atoms with Gasteiger partial charge in [0.1, 0.15) is 24.5 Å². The first kappa shape index (κ1) is 23.8. The number of hydrogen-bond acceptors (Lipinski definition) is 7. The molecule has 3 aromatic rings. The van der Waals surface area contributed by atoms with Crippen LogP contribution in [0.3, 0.4) is 0 Å². The van der Waals surface area contributed by atoms with Gasteiger partial charge in [-0.3, -0.25) is 19.3 Å². The zero-order chi connectivity index (χ0) is 27.2. The Hall–Kier alpha value is -4.26. The van der Waals surface area contributed by atoms with Crippen molar-refractivity contribution in [2.24, 2.45) is 0 Å². The highest BCUT2D eigenvalue weighted by Gasteiger charge is 2.49. The van der Waals surface area contributed by atoms with Crippen LogP contribution in [0, 0.1) is 11.6 Å². The van der Waals surface area contributed by atoms with Gasteiger partial charge in [0, 0.05) is 36.5 Å². The van der Waals surface area contributed by atoms with Gasteiger partial charge in [-0.1, -0.05) is 18.2 Å². The lowest BCUT2D eigenvalue weighted by Gasteiger charge is -2.51. The number of aromatic hydroxyl groups is 1. The van der Waals surface area contributed by atoms with Crippen LogP contribution in [0.4, 0.5) is 23.2 Å². The molecule has 1 amide bonds. The van der Waals surface area contributed by atoms with Crippen LogP contribution in [0.2, 0.25) is 0 Å². The summed E-state index contributed by atoms with van der Waals surface area (Å²) in [5.41, 5.74) is -0.294. The molecular formula is C26H20F4N4O5. The molecule has 2 aromatic carbocycles. The number of halogens is 4. The minimum Gasteiger partial charge on any atom is -0.502 e. The number of carbonyl (C=O) groups excluding carboxylic acids is 1. The number of nitrogens with zero attached hydrogens (tertiary/aromatic N) is 4. The van der Waals surface area contributed by atoms with Crippen LogP contribution in [0.5, 0.6) is 11.5 Å². The molecule has 0 bridgehead atoms. The number of carbonyl (C=O) groups is 1. The van der Waals surface area contributed by atoms with Gasteiger partial charge in [-0.15, -0.1) is 0 Å². The van der Waals surface area contributed by atoms with Crippen molar-refractivity contribution in [1.82, 2.24) is 9.58 Å². The Bertz CT molecular complexity index is 1610. The molecule has 9 nitrogen and oxygen atoms in total. The monoisotopic (exact) mass is 544 g/mol. The van der Waals surface area contributed by atoms with Gasteiger partial charge in [-0.25, -0.2) is 8.78 Å². The molecule has 0 aliphatic carbocycles. The summed E-state index contributed by atoms with van der Waals surface area (Å²) in [5.74, 6) is -3.84. The lowest BCUT2D eigenvalue weighted by molar-refractivity contribution is -0.172. The van der Waals surface area contributed by atoms with Crippen LogP contribution < -0.4 is 20.1 Å². The predicted molar refractivity (Wildman–Crippen MR) is 127 cm³/mol. The molecule has 2 unspecified atom stereocenters. The van der Waals surface area contributed by atoms with Crippen LogP contribution in [0.15, 0.2) is 47.4 Å². The smallest absolute Gasteiger partial charge is 0.415 e. The van der Waals surface area contributed by atoms with Crippen molar-refractivity contribution in [2.75, 3.05) is 36.2 Å². The number of fused-ring (bicyclic) bond motifs is 3. The molecule has 4 aliphatic rings. The van der Waals surface area contributed by atoms with Crippen molar-refractivity contribution in [1.29, 1.82) is 0 Å². The summed E-state index contributed by atoms with van der Waals surface area (Å²) in [6, 6.07) is 6.95. The second-order valence-corrected chi connectivity index (χ2v) is 9.78. The summed E-state index contributed by atoms with van der Waals surface area (Å²) in [4.78, 5) is 28.5. The van der Waals surface area contributed by atoms with E-state index in [1.807, 2.05) is 0 Å². The maximum atomic E-state index is 15.4. The highest BCUT2D eigenvalue weighted by Crippen LogP contribution is 2.50. The normalized spacial score (nSPS) is 22.8. The molecule has 5 heterocycles. The number of hydrogen-bond donors (Lipinski definition) is 1. The number of rotatable bonds is 1. The van der Waals surface area contributed by atoms with Crippen LogP contribution >= 0.6 is 0 Å². The van der Waals surface area contributed by atoms with Crippen molar-refractivity contribution in [3.05, 3.63) is 86.8 Å². The van der Waals surface area contributed by atoms with E-state index in [1.54, 1.807) is 11.1 Å². The van der Waals surface area contributed by atoms with Crippen molar-refractivity contribution in [3.8, 4) is 11.5 Å². The summed E-state index contributed by atoms with van der Waals surface area (Å²) >= 11 is 0. The molecule has 2 atom stereocenters. The van der Waals surface area contributed by atoms with Crippen molar-refractivity contribution >= 4 is 11.6 Å². The number of amides is 1. The summed E-state index contributed by atoms with van der Waals surface area (Å²) in [5, 5.41) is 12.3. The van der Waals surface area contributed by atoms with Crippen molar-refractivity contribution in [2.45, 2.75) is 24.9 Å². The van der Waals surface area contributed by atoms with Gasteiger partial charge in [0.2, 0.25) is 5.43 Å². The highest BCUT2D eigenvalue weighted by atomic mass is 19.3. The minimum absolute atomic E-state index is 0.0148.